The number of benzene rings is 3. The average molecular weight is 470 g/mol. The smallest absolute Gasteiger partial charge is 0.271 e. The van der Waals surface area contributed by atoms with E-state index in [1.165, 1.54) is 19.2 Å². The second kappa shape index (κ2) is 10.1. The number of nitro groups is 1. The SMILES string of the molecule is COc1ccc([N+](=O)[O-])cc1N(CC(=O)NC(c1ccccc1)c1ccccc1)S(C)(=O)=O. The maximum absolute atomic E-state index is 13.1. The van der Waals surface area contributed by atoms with Crippen molar-refractivity contribution in [2.24, 2.45) is 0 Å². The van der Waals surface area contributed by atoms with Crippen molar-refractivity contribution in [1.82, 2.24) is 5.32 Å². The van der Waals surface area contributed by atoms with E-state index in [4.69, 9.17) is 4.74 Å². The number of methoxy groups -OCH3 is 1. The highest BCUT2D eigenvalue weighted by Crippen LogP contribution is 2.33. The van der Waals surface area contributed by atoms with Gasteiger partial charge in [-0.3, -0.25) is 19.2 Å². The molecule has 0 aromatic heterocycles. The van der Waals surface area contributed by atoms with Crippen LogP contribution in [0.1, 0.15) is 17.2 Å². The first kappa shape index (κ1) is 23.7. The lowest BCUT2D eigenvalue weighted by atomic mass is 9.99. The second-order valence-electron chi connectivity index (χ2n) is 7.20. The molecular formula is C23H23N3O6S. The largest absolute Gasteiger partial charge is 0.495 e. The van der Waals surface area contributed by atoms with Gasteiger partial charge in [0.05, 0.1) is 24.3 Å². The number of carbonyl (C=O) groups is 1. The third-order valence-electron chi connectivity index (χ3n) is 4.90. The number of amides is 1. The minimum absolute atomic E-state index is 0.0847. The average Bonchev–Trinajstić information content (AvgIpc) is 2.81. The summed E-state index contributed by atoms with van der Waals surface area (Å²) in [5.41, 5.74) is 1.21. The Bertz CT molecular complexity index is 1190. The molecule has 0 saturated carbocycles. The molecule has 3 rings (SSSR count). The van der Waals surface area contributed by atoms with E-state index >= 15 is 0 Å². The van der Waals surface area contributed by atoms with Crippen LogP contribution in [0.4, 0.5) is 11.4 Å². The maximum atomic E-state index is 13.1. The van der Waals surface area contributed by atoms with E-state index in [1.807, 2.05) is 60.7 Å². The summed E-state index contributed by atoms with van der Waals surface area (Å²) in [6, 6.07) is 21.5. The van der Waals surface area contributed by atoms with Crippen LogP contribution in [0.3, 0.4) is 0 Å². The highest BCUT2D eigenvalue weighted by Gasteiger charge is 2.27. The highest BCUT2D eigenvalue weighted by molar-refractivity contribution is 7.92. The number of nitrogens with one attached hydrogen (secondary N) is 1. The zero-order chi connectivity index (χ0) is 24.0. The Balaban J connectivity index is 1.95. The quantitative estimate of drug-likeness (QED) is 0.379. The van der Waals surface area contributed by atoms with E-state index in [-0.39, 0.29) is 17.1 Å². The molecule has 0 unspecified atom stereocenters. The zero-order valence-electron chi connectivity index (χ0n) is 18.0. The summed E-state index contributed by atoms with van der Waals surface area (Å²) < 4.78 is 31.1. The van der Waals surface area contributed by atoms with Gasteiger partial charge >= 0.3 is 0 Å². The summed E-state index contributed by atoms with van der Waals surface area (Å²) >= 11 is 0. The zero-order valence-corrected chi connectivity index (χ0v) is 18.9. The Morgan fingerprint density at radius 3 is 2.03 bits per heavy atom. The lowest BCUT2D eigenvalue weighted by Crippen LogP contribution is -2.42. The van der Waals surface area contributed by atoms with Crippen molar-refractivity contribution in [2.45, 2.75) is 6.04 Å². The minimum Gasteiger partial charge on any atom is -0.495 e. The number of rotatable bonds is 9. The van der Waals surface area contributed by atoms with E-state index in [2.05, 4.69) is 5.32 Å². The molecule has 172 valence electrons. The fourth-order valence-electron chi connectivity index (χ4n) is 3.36. The van der Waals surface area contributed by atoms with Crippen molar-refractivity contribution in [3.63, 3.8) is 0 Å². The second-order valence-corrected chi connectivity index (χ2v) is 9.11. The molecule has 0 saturated heterocycles. The lowest BCUT2D eigenvalue weighted by molar-refractivity contribution is -0.384. The Labute approximate surface area is 191 Å². The van der Waals surface area contributed by atoms with E-state index in [0.717, 1.165) is 27.8 Å². The van der Waals surface area contributed by atoms with E-state index in [9.17, 15) is 23.3 Å². The molecule has 0 spiro atoms. The molecule has 0 fully saturated rings. The molecule has 0 aliphatic rings. The number of ether oxygens (including phenoxy) is 1. The summed E-state index contributed by atoms with van der Waals surface area (Å²) in [7, 11) is -2.67. The third kappa shape index (κ3) is 5.86. The van der Waals surface area contributed by atoms with Gasteiger partial charge in [0, 0.05) is 12.1 Å². The Kier molecular flexibility index (Phi) is 7.29. The van der Waals surface area contributed by atoms with Crippen molar-refractivity contribution in [3.8, 4) is 5.75 Å². The normalized spacial score (nSPS) is 11.1. The number of hydrogen-bond donors (Lipinski definition) is 1. The molecule has 0 heterocycles. The van der Waals surface area contributed by atoms with Crippen LogP contribution in [0, 0.1) is 10.1 Å². The van der Waals surface area contributed by atoms with Crippen molar-refractivity contribution < 1.29 is 22.9 Å². The first-order valence-corrected chi connectivity index (χ1v) is 11.7. The Morgan fingerprint density at radius 2 is 1.58 bits per heavy atom. The van der Waals surface area contributed by atoms with E-state index < -0.39 is 33.4 Å². The number of non-ortho nitro benzene ring substituents is 1. The molecule has 3 aromatic carbocycles. The van der Waals surface area contributed by atoms with E-state index in [0.29, 0.717) is 0 Å². The van der Waals surface area contributed by atoms with Gasteiger partial charge in [0.1, 0.15) is 18.0 Å². The molecule has 0 aliphatic carbocycles. The molecule has 0 atom stereocenters. The molecular weight excluding hydrogens is 446 g/mol. The van der Waals surface area contributed by atoms with Crippen molar-refractivity contribution in [1.29, 1.82) is 0 Å². The number of nitro benzene ring substituents is 1. The Hall–Kier alpha value is -3.92. The lowest BCUT2D eigenvalue weighted by Gasteiger charge is -2.25. The number of anilines is 1. The predicted octanol–water partition coefficient (Wildman–Crippen LogP) is 3.28. The van der Waals surface area contributed by atoms with Crippen LogP contribution in [0.25, 0.3) is 0 Å². The standard InChI is InChI=1S/C23H23N3O6S/c1-32-21-14-13-19(26(28)29)15-20(21)25(33(2,30)31)16-22(27)24-23(17-9-5-3-6-10-17)18-11-7-4-8-12-18/h3-15,23H,16H2,1-2H3,(H,24,27). The van der Waals surface area contributed by atoms with Gasteiger partial charge in [-0.05, 0) is 17.2 Å². The van der Waals surface area contributed by atoms with Crippen LogP contribution in [0.2, 0.25) is 0 Å². The highest BCUT2D eigenvalue weighted by atomic mass is 32.2. The van der Waals surface area contributed by atoms with Crippen molar-refractivity contribution in [2.75, 3.05) is 24.2 Å². The van der Waals surface area contributed by atoms with Gasteiger partial charge < -0.3 is 10.1 Å². The number of hydrogen-bond acceptors (Lipinski definition) is 6. The molecule has 0 radical (unpaired) electrons. The number of sulfonamides is 1. The first-order valence-electron chi connectivity index (χ1n) is 9.90. The maximum Gasteiger partial charge on any atom is 0.271 e. The van der Waals surface area contributed by atoms with E-state index in [1.54, 1.807) is 0 Å². The van der Waals surface area contributed by atoms with Gasteiger partial charge in [-0.2, -0.15) is 0 Å². The Morgan fingerprint density at radius 1 is 1.03 bits per heavy atom. The summed E-state index contributed by atoms with van der Waals surface area (Å²) in [6.07, 6.45) is 0.921. The summed E-state index contributed by atoms with van der Waals surface area (Å²) in [5, 5.41) is 14.1. The fourth-order valence-corrected chi connectivity index (χ4v) is 4.21. The topological polar surface area (TPSA) is 119 Å². The molecule has 9 nitrogen and oxygen atoms in total. The monoisotopic (exact) mass is 469 g/mol. The summed E-state index contributed by atoms with van der Waals surface area (Å²) in [6.45, 7) is -0.591. The minimum atomic E-state index is -3.98. The molecule has 0 aliphatic heterocycles. The van der Waals surface area contributed by atoms with Crippen molar-refractivity contribution in [3.05, 3.63) is 100 Å². The first-order chi connectivity index (χ1) is 15.7. The molecule has 1 N–H and O–H groups in total. The van der Waals surface area contributed by atoms with Gasteiger partial charge in [-0.25, -0.2) is 8.42 Å². The molecule has 33 heavy (non-hydrogen) atoms. The fraction of sp³-hybridized carbons (Fsp3) is 0.174. The number of nitrogens with zero attached hydrogens (tertiary/aromatic N) is 2. The van der Waals surface area contributed by atoms with Crippen LogP contribution in [0.15, 0.2) is 78.9 Å². The van der Waals surface area contributed by atoms with Crippen LogP contribution in [-0.4, -0.2) is 39.2 Å². The van der Waals surface area contributed by atoms with Gasteiger partial charge in [0.25, 0.3) is 5.69 Å². The van der Waals surface area contributed by atoms with Gasteiger partial charge in [0.2, 0.25) is 15.9 Å². The van der Waals surface area contributed by atoms with Crippen molar-refractivity contribution >= 4 is 27.3 Å². The van der Waals surface area contributed by atoms with Crippen LogP contribution >= 0.6 is 0 Å². The molecule has 3 aromatic rings. The number of carbonyl (C=O) groups excluding carboxylic acids is 1. The predicted molar refractivity (Wildman–Crippen MR) is 125 cm³/mol. The van der Waals surface area contributed by atoms with Gasteiger partial charge in [-0.15, -0.1) is 0 Å². The summed E-state index contributed by atoms with van der Waals surface area (Å²) in [4.78, 5) is 23.6. The molecule has 10 heteroatoms. The molecule has 0 bridgehead atoms. The van der Waals surface area contributed by atoms with Gasteiger partial charge in [0.15, 0.2) is 0 Å². The molecule has 1 amide bonds. The van der Waals surface area contributed by atoms with Crippen LogP contribution in [-0.2, 0) is 14.8 Å². The van der Waals surface area contributed by atoms with Gasteiger partial charge in [-0.1, -0.05) is 60.7 Å². The third-order valence-corrected chi connectivity index (χ3v) is 6.03. The summed E-state index contributed by atoms with van der Waals surface area (Å²) in [5.74, 6) is -0.506. The van der Waals surface area contributed by atoms with Crippen LogP contribution in [0.5, 0.6) is 5.75 Å². The van der Waals surface area contributed by atoms with Crippen LogP contribution < -0.4 is 14.4 Å².